The van der Waals surface area contributed by atoms with Gasteiger partial charge >= 0.3 is 6.03 Å². The number of hydrogen-bond acceptors (Lipinski definition) is 5. The minimum absolute atomic E-state index is 0.142. The fourth-order valence-electron chi connectivity index (χ4n) is 4.37. The molecule has 1 aliphatic carbocycles. The standard InChI is InChI=1S/C23H19F2N3O4/c24-23(25)9-7-22(8-10-23)20(30)28(21(31)27-22)13-17(29)14-1-3-15(4-2-14)19-16-6-12-32-18(16)5-11-26-19/h1-6,11-12H,7-10,13H2,(H,27,31). The van der Waals surface area contributed by atoms with E-state index in [1.54, 1.807) is 42.8 Å². The molecule has 2 aliphatic rings. The van der Waals surface area contributed by atoms with Crippen LogP contribution in [-0.2, 0) is 4.79 Å². The van der Waals surface area contributed by atoms with Gasteiger partial charge in [-0.25, -0.2) is 13.6 Å². The maximum atomic E-state index is 13.5. The molecule has 9 heteroatoms. The summed E-state index contributed by atoms with van der Waals surface area (Å²) >= 11 is 0. The van der Waals surface area contributed by atoms with Crippen molar-refractivity contribution in [3.05, 3.63) is 54.4 Å². The predicted molar refractivity (Wildman–Crippen MR) is 110 cm³/mol. The summed E-state index contributed by atoms with van der Waals surface area (Å²) in [5.74, 6) is -3.87. The van der Waals surface area contributed by atoms with Gasteiger partial charge in [-0.1, -0.05) is 24.3 Å². The molecule has 0 radical (unpaired) electrons. The van der Waals surface area contributed by atoms with E-state index in [1.807, 2.05) is 6.07 Å². The van der Waals surface area contributed by atoms with Crippen molar-refractivity contribution < 1.29 is 27.6 Å². The van der Waals surface area contributed by atoms with Gasteiger partial charge in [0.05, 0.1) is 18.5 Å². The average Bonchev–Trinajstić information content (AvgIpc) is 3.35. The molecule has 5 rings (SSSR count). The van der Waals surface area contributed by atoms with Gasteiger partial charge in [0.1, 0.15) is 11.1 Å². The van der Waals surface area contributed by atoms with Crippen molar-refractivity contribution in [2.75, 3.05) is 6.54 Å². The number of ketones is 1. The number of nitrogens with zero attached hydrogens (tertiary/aromatic N) is 2. The molecule has 3 amide bonds. The second-order valence-corrected chi connectivity index (χ2v) is 8.25. The van der Waals surface area contributed by atoms with E-state index in [9.17, 15) is 23.2 Å². The molecule has 2 aromatic heterocycles. The zero-order valence-electron chi connectivity index (χ0n) is 16.9. The van der Waals surface area contributed by atoms with E-state index in [-0.39, 0.29) is 12.8 Å². The molecule has 0 unspecified atom stereocenters. The van der Waals surface area contributed by atoms with E-state index in [2.05, 4.69) is 10.3 Å². The zero-order valence-corrected chi connectivity index (χ0v) is 16.9. The maximum absolute atomic E-state index is 13.5. The SMILES string of the molecule is O=C(CN1C(=O)NC2(CCC(F)(F)CC2)C1=O)c1ccc(-c2nccc3occc23)cc1. The number of alkyl halides is 2. The van der Waals surface area contributed by atoms with Crippen LogP contribution in [0.1, 0.15) is 36.0 Å². The minimum Gasteiger partial charge on any atom is -0.464 e. The molecule has 2 fully saturated rings. The van der Waals surface area contributed by atoms with Gasteiger partial charge in [0.25, 0.3) is 5.91 Å². The largest absolute Gasteiger partial charge is 0.464 e. The van der Waals surface area contributed by atoms with Gasteiger partial charge in [0.2, 0.25) is 5.92 Å². The average molecular weight is 439 g/mol. The number of urea groups is 1. The predicted octanol–water partition coefficient (Wildman–Crippen LogP) is 4.18. The third kappa shape index (κ3) is 3.34. The van der Waals surface area contributed by atoms with Gasteiger partial charge in [-0.2, -0.15) is 0 Å². The normalized spacial score (nSPS) is 19.5. The first kappa shape index (κ1) is 20.3. The van der Waals surface area contributed by atoms with Crippen molar-refractivity contribution in [2.45, 2.75) is 37.1 Å². The van der Waals surface area contributed by atoms with Crippen molar-refractivity contribution in [3.63, 3.8) is 0 Å². The third-order valence-electron chi connectivity index (χ3n) is 6.24. The number of halogens is 2. The first-order chi connectivity index (χ1) is 15.3. The topological polar surface area (TPSA) is 92.5 Å². The van der Waals surface area contributed by atoms with Crippen LogP contribution in [0.25, 0.3) is 22.2 Å². The summed E-state index contributed by atoms with van der Waals surface area (Å²) in [4.78, 5) is 43.2. The molecular weight excluding hydrogens is 420 g/mol. The number of fused-ring (bicyclic) bond motifs is 1. The minimum atomic E-state index is -2.84. The third-order valence-corrected chi connectivity index (χ3v) is 6.24. The van der Waals surface area contributed by atoms with E-state index < -0.39 is 48.6 Å². The van der Waals surface area contributed by atoms with E-state index >= 15 is 0 Å². The maximum Gasteiger partial charge on any atom is 0.325 e. The summed E-state index contributed by atoms with van der Waals surface area (Å²) in [6.45, 7) is -0.447. The molecule has 1 aromatic carbocycles. The van der Waals surface area contributed by atoms with E-state index in [4.69, 9.17) is 4.42 Å². The highest BCUT2D eigenvalue weighted by Gasteiger charge is 2.55. The van der Waals surface area contributed by atoms with Crippen LogP contribution in [0.15, 0.2) is 53.3 Å². The Balaban J connectivity index is 1.32. The van der Waals surface area contributed by atoms with Crippen LogP contribution in [0.3, 0.4) is 0 Å². The van der Waals surface area contributed by atoms with E-state index in [0.717, 1.165) is 15.8 Å². The number of pyridine rings is 1. The van der Waals surface area contributed by atoms with Crippen molar-refractivity contribution in [1.82, 2.24) is 15.2 Å². The summed E-state index contributed by atoms with van der Waals surface area (Å²) in [6.07, 6.45) is 1.98. The quantitative estimate of drug-likeness (QED) is 0.486. The Labute approximate surface area is 181 Å². The molecule has 1 N–H and O–H groups in total. The fourth-order valence-corrected chi connectivity index (χ4v) is 4.37. The number of aromatic nitrogens is 1. The number of furan rings is 1. The Kier molecular flexibility index (Phi) is 4.58. The number of rotatable bonds is 4. The Bertz CT molecular complexity index is 1230. The summed E-state index contributed by atoms with van der Waals surface area (Å²) < 4.78 is 32.4. The van der Waals surface area contributed by atoms with Gasteiger partial charge in [0, 0.05) is 35.6 Å². The van der Waals surface area contributed by atoms with Crippen LogP contribution >= 0.6 is 0 Å². The Morgan fingerprint density at radius 2 is 1.78 bits per heavy atom. The first-order valence-corrected chi connectivity index (χ1v) is 10.3. The lowest BCUT2D eigenvalue weighted by Crippen LogP contribution is -2.51. The number of nitrogens with one attached hydrogen (secondary N) is 1. The van der Waals surface area contributed by atoms with Crippen molar-refractivity contribution in [1.29, 1.82) is 0 Å². The van der Waals surface area contributed by atoms with Gasteiger partial charge < -0.3 is 9.73 Å². The van der Waals surface area contributed by atoms with E-state index in [1.165, 1.54) is 0 Å². The second kappa shape index (κ2) is 7.22. The number of Topliss-reactive ketones (excluding diaryl/α,β-unsaturated/α-hetero) is 1. The van der Waals surface area contributed by atoms with Crippen LogP contribution in [0.5, 0.6) is 0 Å². The Morgan fingerprint density at radius 3 is 2.50 bits per heavy atom. The molecule has 0 bridgehead atoms. The Morgan fingerprint density at radius 1 is 1.06 bits per heavy atom. The van der Waals surface area contributed by atoms with Crippen molar-refractivity contribution >= 4 is 28.7 Å². The summed E-state index contributed by atoms with van der Waals surface area (Å²) in [5, 5.41) is 3.39. The van der Waals surface area contributed by atoms with Crippen LogP contribution in [0, 0.1) is 0 Å². The van der Waals surface area contributed by atoms with Gasteiger partial charge in [-0.05, 0) is 25.0 Å². The highest BCUT2D eigenvalue weighted by atomic mass is 19.3. The molecule has 7 nitrogen and oxygen atoms in total. The lowest BCUT2D eigenvalue weighted by atomic mass is 9.80. The molecule has 1 saturated carbocycles. The number of benzene rings is 1. The monoisotopic (exact) mass is 439 g/mol. The lowest BCUT2D eigenvalue weighted by molar-refractivity contribution is -0.135. The number of carbonyl (C=O) groups is 3. The van der Waals surface area contributed by atoms with Crippen LogP contribution in [0.2, 0.25) is 0 Å². The molecule has 164 valence electrons. The molecule has 0 atom stereocenters. The summed E-state index contributed by atoms with van der Waals surface area (Å²) in [7, 11) is 0. The van der Waals surface area contributed by atoms with E-state index in [0.29, 0.717) is 16.8 Å². The summed E-state index contributed by atoms with van der Waals surface area (Å²) in [5.41, 5.74) is 1.18. The fraction of sp³-hybridized carbons (Fsp3) is 0.304. The zero-order chi connectivity index (χ0) is 22.5. The van der Waals surface area contributed by atoms with Crippen LogP contribution in [0.4, 0.5) is 13.6 Å². The smallest absolute Gasteiger partial charge is 0.325 e. The number of imide groups is 1. The summed E-state index contributed by atoms with van der Waals surface area (Å²) in [6, 6.07) is 9.53. The molecule has 3 heterocycles. The number of hydrogen-bond donors (Lipinski definition) is 1. The molecule has 32 heavy (non-hydrogen) atoms. The van der Waals surface area contributed by atoms with Crippen molar-refractivity contribution in [3.8, 4) is 11.3 Å². The highest BCUT2D eigenvalue weighted by Crippen LogP contribution is 2.41. The number of carbonyl (C=O) groups excluding carboxylic acids is 3. The van der Waals surface area contributed by atoms with Crippen molar-refractivity contribution in [2.24, 2.45) is 0 Å². The second-order valence-electron chi connectivity index (χ2n) is 8.25. The van der Waals surface area contributed by atoms with Crippen LogP contribution in [-0.4, -0.2) is 45.6 Å². The molecule has 3 aromatic rings. The Hall–Kier alpha value is -3.62. The molecular formula is C23H19F2N3O4. The molecule has 1 aliphatic heterocycles. The first-order valence-electron chi connectivity index (χ1n) is 10.3. The molecule has 1 spiro atoms. The molecule has 1 saturated heterocycles. The van der Waals surface area contributed by atoms with Gasteiger partial charge in [-0.3, -0.25) is 19.5 Å². The number of amides is 3. The lowest BCUT2D eigenvalue weighted by Gasteiger charge is -2.34. The highest BCUT2D eigenvalue weighted by molar-refractivity contribution is 6.11. The van der Waals surface area contributed by atoms with Gasteiger partial charge in [-0.15, -0.1) is 0 Å². The van der Waals surface area contributed by atoms with Crippen LogP contribution < -0.4 is 5.32 Å². The van der Waals surface area contributed by atoms with Gasteiger partial charge in [0.15, 0.2) is 5.78 Å².